The summed E-state index contributed by atoms with van der Waals surface area (Å²) in [6, 6.07) is 3.74. The topological polar surface area (TPSA) is 192 Å². The van der Waals surface area contributed by atoms with Gasteiger partial charge in [0.25, 0.3) is 5.91 Å². The standard InChI is InChI=1S/C31H48N6O8S/c1-29(2,3)43-24(38)18-17-22(26(40)44-30(4,5)6)34-28(46)37(42)23(27(41)45-31(7,8)9)12-10-11-19-33-25(39)20-13-15-21(16-14-20)35-36-32/h13-16,22-23,42H,10-12,17-19H2,1-9H3,(H,33,39)(H,34,46). The minimum Gasteiger partial charge on any atom is -0.460 e. The normalized spacial score (nSPS) is 12.9. The van der Waals surface area contributed by atoms with E-state index in [9.17, 15) is 24.4 Å². The zero-order valence-corrected chi connectivity index (χ0v) is 29.0. The molecule has 2 atom stereocenters. The second-order valence-corrected chi connectivity index (χ2v) is 13.9. The van der Waals surface area contributed by atoms with Crippen molar-refractivity contribution in [1.82, 2.24) is 15.7 Å². The average Bonchev–Trinajstić information content (AvgIpc) is 2.90. The van der Waals surface area contributed by atoms with Crippen LogP contribution in [0.4, 0.5) is 5.69 Å². The largest absolute Gasteiger partial charge is 0.460 e. The maximum absolute atomic E-state index is 13.1. The van der Waals surface area contributed by atoms with Gasteiger partial charge in [0.15, 0.2) is 11.2 Å². The minimum absolute atomic E-state index is 0.0527. The summed E-state index contributed by atoms with van der Waals surface area (Å²) < 4.78 is 16.3. The lowest BCUT2D eigenvalue weighted by Gasteiger charge is -2.31. The average molecular weight is 665 g/mol. The highest BCUT2D eigenvalue weighted by Crippen LogP contribution is 2.18. The Morgan fingerprint density at radius 3 is 1.96 bits per heavy atom. The summed E-state index contributed by atoms with van der Waals surface area (Å²) in [5, 5.41) is 20.3. The van der Waals surface area contributed by atoms with E-state index in [1.165, 1.54) is 24.3 Å². The maximum Gasteiger partial charge on any atom is 0.332 e. The third-order valence-electron chi connectivity index (χ3n) is 5.71. The molecule has 0 aliphatic rings. The first-order chi connectivity index (χ1) is 21.1. The van der Waals surface area contributed by atoms with E-state index in [0.29, 0.717) is 29.2 Å². The lowest BCUT2D eigenvalue weighted by atomic mass is 10.1. The number of amides is 1. The predicted octanol–water partition coefficient (Wildman–Crippen LogP) is 5.64. The van der Waals surface area contributed by atoms with Crippen molar-refractivity contribution in [2.45, 2.75) is 123 Å². The summed E-state index contributed by atoms with van der Waals surface area (Å²) in [5.41, 5.74) is 6.86. The Morgan fingerprint density at radius 2 is 1.43 bits per heavy atom. The number of carbonyl (C=O) groups excluding carboxylic acids is 4. The van der Waals surface area contributed by atoms with Crippen molar-refractivity contribution >= 4 is 46.8 Å². The van der Waals surface area contributed by atoms with Gasteiger partial charge in [-0.05, 0) is 118 Å². The van der Waals surface area contributed by atoms with E-state index >= 15 is 0 Å². The molecule has 0 spiro atoms. The molecule has 0 fully saturated rings. The molecule has 46 heavy (non-hydrogen) atoms. The van der Waals surface area contributed by atoms with Crippen molar-refractivity contribution in [1.29, 1.82) is 0 Å². The van der Waals surface area contributed by atoms with Crippen LogP contribution in [0.2, 0.25) is 0 Å². The van der Waals surface area contributed by atoms with Crippen molar-refractivity contribution in [3.05, 3.63) is 40.3 Å². The number of azide groups is 1. The highest BCUT2D eigenvalue weighted by molar-refractivity contribution is 7.80. The van der Waals surface area contributed by atoms with Crippen LogP contribution >= 0.6 is 12.2 Å². The van der Waals surface area contributed by atoms with E-state index in [1.54, 1.807) is 62.3 Å². The van der Waals surface area contributed by atoms with Gasteiger partial charge in [-0.2, -0.15) is 0 Å². The summed E-state index contributed by atoms with van der Waals surface area (Å²) in [4.78, 5) is 53.6. The van der Waals surface area contributed by atoms with Crippen molar-refractivity contribution in [3.63, 3.8) is 0 Å². The lowest BCUT2D eigenvalue weighted by Crippen LogP contribution is -2.53. The van der Waals surface area contributed by atoms with Gasteiger partial charge in [-0.1, -0.05) is 17.2 Å². The van der Waals surface area contributed by atoms with Gasteiger partial charge >= 0.3 is 17.9 Å². The number of thiocarbonyl (C=S) groups is 1. The number of ether oxygens (including phenoxy) is 3. The summed E-state index contributed by atoms with van der Waals surface area (Å²) in [6.07, 6.45) is 0.739. The number of hydrogen-bond acceptors (Lipinski definition) is 10. The van der Waals surface area contributed by atoms with E-state index in [1.807, 2.05) is 0 Å². The monoisotopic (exact) mass is 664 g/mol. The molecule has 0 saturated heterocycles. The molecule has 3 N–H and O–H groups in total. The fourth-order valence-electron chi connectivity index (χ4n) is 3.84. The van der Waals surface area contributed by atoms with E-state index in [0.717, 1.165) is 0 Å². The molecule has 1 aromatic carbocycles. The van der Waals surface area contributed by atoms with Gasteiger partial charge in [0.1, 0.15) is 22.8 Å². The number of benzene rings is 1. The molecule has 1 aromatic rings. The van der Waals surface area contributed by atoms with Gasteiger partial charge < -0.3 is 24.8 Å². The zero-order chi connectivity index (χ0) is 35.3. The molecule has 0 aliphatic heterocycles. The number of hydroxylamine groups is 2. The fraction of sp³-hybridized carbons (Fsp3) is 0.645. The zero-order valence-electron chi connectivity index (χ0n) is 28.2. The SMILES string of the molecule is CC(C)(C)OC(=O)CCC(NC(=S)N(O)C(CCCCNC(=O)c1ccc(N=[N+]=[N-])cc1)C(=O)OC(C)(C)C)C(=O)OC(C)(C)C. The third kappa shape index (κ3) is 16.4. The molecule has 2 unspecified atom stereocenters. The molecule has 14 nitrogen and oxygen atoms in total. The molecule has 0 heterocycles. The lowest BCUT2D eigenvalue weighted by molar-refractivity contribution is -0.171. The molecule has 1 amide bonds. The second kappa shape index (κ2) is 17.7. The Hall–Kier alpha value is -3.94. The van der Waals surface area contributed by atoms with Crippen molar-refractivity contribution < 1.29 is 38.6 Å². The van der Waals surface area contributed by atoms with Gasteiger partial charge in [0.2, 0.25) is 0 Å². The van der Waals surface area contributed by atoms with Gasteiger partial charge in [-0.25, -0.2) is 14.7 Å². The number of nitrogens with one attached hydrogen (secondary N) is 2. The van der Waals surface area contributed by atoms with Crippen LogP contribution in [0.3, 0.4) is 0 Å². The molecular weight excluding hydrogens is 616 g/mol. The molecule has 0 saturated carbocycles. The van der Waals surface area contributed by atoms with Gasteiger partial charge in [-0.3, -0.25) is 14.8 Å². The number of esters is 3. The highest BCUT2D eigenvalue weighted by atomic mass is 32.1. The summed E-state index contributed by atoms with van der Waals surface area (Å²) >= 11 is 5.38. The Labute approximate surface area is 276 Å². The van der Waals surface area contributed by atoms with E-state index in [2.05, 4.69) is 20.7 Å². The van der Waals surface area contributed by atoms with E-state index in [4.69, 9.17) is 32.0 Å². The van der Waals surface area contributed by atoms with Crippen molar-refractivity contribution in [2.75, 3.05) is 6.54 Å². The summed E-state index contributed by atoms with van der Waals surface area (Å²) in [7, 11) is 0. The second-order valence-electron chi connectivity index (χ2n) is 13.5. The fourth-order valence-corrected chi connectivity index (χ4v) is 4.11. The number of rotatable bonds is 14. The molecule has 15 heteroatoms. The van der Waals surface area contributed by atoms with Crippen LogP contribution < -0.4 is 10.6 Å². The Bertz CT molecular complexity index is 1260. The van der Waals surface area contributed by atoms with Crippen LogP contribution in [0.25, 0.3) is 10.4 Å². The van der Waals surface area contributed by atoms with Crippen LogP contribution in [0.1, 0.15) is 105 Å². The predicted molar refractivity (Wildman–Crippen MR) is 175 cm³/mol. The quantitative estimate of drug-likeness (QED) is 0.0326. The van der Waals surface area contributed by atoms with Crippen LogP contribution in [-0.2, 0) is 28.6 Å². The molecule has 0 aliphatic carbocycles. The van der Waals surface area contributed by atoms with Crippen molar-refractivity contribution in [3.8, 4) is 0 Å². The first kappa shape index (κ1) is 40.1. The Balaban J connectivity index is 2.95. The Kier molecular flexibility index (Phi) is 15.4. The molecule has 0 radical (unpaired) electrons. The number of nitrogens with zero attached hydrogens (tertiary/aromatic N) is 4. The summed E-state index contributed by atoms with van der Waals surface area (Å²) in [5.74, 6) is -2.31. The van der Waals surface area contributed by atoms with Crippen LogP contribution in [0.15, 0.2) is 29.4 Å². The van der Waals surface area contributed by atoms with E-state index < -0.39 is 46.8 Å². The Morgan fingerprint density at radius 1 is 0.891 bits per heavy atom. The van der Waals surface area contributed by atoms with E-state index in [-0.39, 0.29) is 36.8 Å². The van der Waals surface area contributed by atoms with Crippen LogP contribution in [0, 0.1) is 0 Å². The molecule has 1 rings (SSSR count). The number of unbranched alkanes of at least 4 members (excludes halogenated alkanes) is 1. The summed E-state index contributed by atoms with van der Waals surface area (Å²) in [6.45, 7) is 15.6. The smallest absolute Gasteiger partial charge is 0.332 e. The first-order valence-electron chi connectivity index (χ1n) is 15.0. The van der Waals surface area contributed by atoms with Gasteiger partial charge in [0.05, 0.1) is 0 Å². The molecule has 0 bridgehead atoms. The number of carbonyl (C=O) groups is 4. The minimum atomic E-state index is -1.24. The highest BCUT2D eigenvalue weighted by Gasteiger charge is 2.34. The molecule has 0 aromatic heterocycles. The first-order valence-corrected chi connectivity index (χ1v) is 15.4. The van der Waals surface area contributed by atoms with Gasteiger partial charge in [0, 0.05) is 29.1 Å². The third-order valence-corrected chi connectivity index (χ3v) is 6.01. The maximum atomic E-state index is 13.1. The van der Waals surface area contributed by atoms with Gasteiger partial charge in [-0.15, -0.1) is 0 Å². The number of hydrogen-bond donors (Lipinski definition) is 3. The van der Waals surface area contributed by atoms with Crippen molar-refractivity contribution in [2.24, 2.45) is 5.11 Å². The van der Waals surface area contributed by atoms with Crippen LogP contribution in [-0.4, -0.2) is 74.6 Å². The molecule has 256 valence electrons. The van der Waals surface area contributed by atoms with Crippen LogP contribution in [0.5, 0.6) is 0 Å². The molecular formula is C31H48N6O8S.